The molecule has 1 aromatic heterocycles. The Bertz CT molecular complexity index is 348. The molecule has 0 aromatic carbocycles. The van der Waals surface area contributed by atoms with Gasteiger partial charge in [0.15, 0.2) is 0 Å². The number of carbonyl (C=O) groups is 1. The quantitative estimate of drug-likeness (QED) is 0.854. The molecule has 1 saturated heterocycles. The highest BCUT2D eigenvalue weighted by Crippen LogP contribution is 2.15. The van der Waals surface area contributed by atoms with Crippen molar-refractivity contribution in [2.75, 3.05) is 13.1 Å². The minimum Gasteiger partial charge on any atom is -0.347 e. The second-order valence-corrected chi connectivity index (χ2v) is 5.21. The van der Waals surface area contributed by atoms with Gasteiger partial charge in [0.2, 0.25) is 0 Å². The Morgan fingerprint density at radius 2 is 2.38 bits per heavy atom. The van der Waals surface area contributed by atoms with E-state index in [2.05, 4.69) is 10.6 Å². The van der Waals surface area contributed by atoms with E-state index in [0.717, 1.165) is 30.8 Å². The fraction of sp³-hybridized carbons (Fsp3) is 0.545. The summed E-state index contributed by atoms with van der Waals surface area (Å²) in [6.45, 7) is 3.99. The van der Waals surface area contributed by atoms with Crippen molar-refractivity contribution in [2.24, 2.45) is 0 Å². The lowest BCUT2D eigenvalue weighted by Crippen LogP contribution is -2.45. The average molecular weight is 261 g/mol. The number of carbonyl (C=O) groups excluding carboxylic acids is 1. The number of thiophene rings is 1. The van der Waals surface area contributed by atoms with Gasteiger partial charge in [0, 0.05) is 17.5 Å². The molecule has 90 valence electrons. The van der Waals surface area contributed by atoms with Crippen LogP contribution in [-0.2, 0) is 0 Å². The fourth-order valence-corrected chi connectivity index (χ4v) is 2.56. The van der Waals surface area contributed by atoms with Crippen LogP contribution >= 0.6 is 23.7 Å². The van der Waals surface area contributed by atoms with Gasteiger partial charge in [-0.2, -0.15) is 0 Å². The molecule has 1 aromatic rings. The van der Waals surface area contributed by atoms with E-state index < -0.39 is 0 Å². The second-order valence-electron chi connectivity index (χ2n) is 3.93. The van der Waals surface area contributed by atoms with Crippen molar-refractivity contribution < 1.29 is 4.79 Å². The first kappa shape index (κ1) is 13.5. The van der Waals surface area contributed by atoms with Gasteiger partial charge >= 0.3 is 0 Å². The monoisotopic (exact) mass is 260 g/mol. The van der Waals surface area contributed by atoms with Crippen LogP contribution in [0.4, 0.5) is 0 Å². The summed E-state index contributed by atoms with van der Waals surface area (Å²) < 4.78 is 0. The molecule has 16 heavy (non-hydrogen) atoms. The van der Waals surface area contributed by atoms with Crippen LogP contribution in [0.2, 0.25) is 0 Å². The molecule has 1 fully saturated rings. The molecule has 2 N–H and O–H groups in total. The molecule has 0 spiro atoms. The number of aryl methyl sites for hydroxylation is 1. The van der Waals surface area contributed by atoms with E-state index in [0.29, 0.717) is 6.04 Å². The molecule has 0 saturated carbocycles. The highest BCUT2D eigenvalue weighted by molar-refractivity contribution is 7.13. The zero-order valence-corrected chi connectivity index (χ0v) is 10.9. The lowest BCUT2D eigenvalue weighted by Gasteiger charge is -2.23. The number of rotatable bonds is 2. The maximum atomic E-state index is 11.8. The first-order valence-corrected chi connectivity index (χ1v) is 6.15. The van der Waals surface area contributed by atoms with Crippen LogP contribution in [0.1, 0.15) is 27.4 Å². The van der Waals surface area contributed by atoms with Crippen LogP contribution in [0.5, 0.6) is 0 Å². The van der Waals surface area contributed by atoms with Gasteiger partial charge in [0.1, 0.15) is 0 Å². The van der Waals surface area contributed by atoms with Gasteiger partial charge in [-0.1, -0.05) is 0 Å². The Kier molecular flexibility index (Phi) is 5.25. The lowest BCUT2D eigenvalue weighted by molar-refractivity contribution is 0.0935. The van der Waals surface area contributed by atoms with E-state index in [4.69, 9.17) is 0 Å². The summed E-state index contributed by atoms with van der Waals surface area (Å²) in [6.07, 6.45) is 2.23. The fourth-order valence-electron chi connectivity index (χ4n) is 1.79. The Hall–Kier alpha value is -0.580. The Morgan fingerprint density at radius 3 is 2.94 bits per heavy atom. The molecule has 2 heterocycles. The van der Waals surface area contributed by atoms with Crippen molar-refractivity contribution in [1.82, 2.24) is 10.6 Å². The molecule has 1 atom stereocenters. The van der Waals surface area contributed by atoms with Gasteiger partial charge in [0.25, 0.3) is 5.91 Å². The van der Waals surface area contributed by atoms with Crippen molar-refractivity contribution in [2.45, 2.75) is 25.8 Å². The molecule has 0 unspecified atom stereocenters. The van der Waals surface area contributed by atoms with Crippen LogP contribution in [0.3, 0.4) is 0 Å². The third kappa shape index (κ3) is 3.47. The zero-order valence-electron chi connectivity index (χ0n) is 9.29. The number of nitrogens with one attached hydrogen (secondary N) is 2. The van der Waals surface area contributed by atoms with E-state index in [1.54, 1.807) is 11.3 Å². The maximum Gasteiger partial charge on any atom is 0.261 e. The van der Waals surface area contributed by atoms with Crippen molar-refractivity contribution in [1.29, 1.82) is 0 Å². The molecule has 5 heteroatoms. The molecule has 0 bridgehead atoms. The summed E-state index contributed by atoms with van der Waals surface area (Å²) in [6, 6.07) is 4.18. The number of hydrogen-bond donors (Lipinski definition) is 2. The van der Waals surface area contributed by atoms with Crippen LogP contribution in [0, 0.1) is 6.92 Å². The van der Waals surface area contributed by atoms with Crippen molar-refractivity contribution >= 4 is 29.7 Å². The number of halogens is 1. The average Bonchev–Trinajstić information content (AvgIpc) is 2.66. The molecule has 0 radical (unpaired) electrons. The van der Waals surface area contributed by atoms with Gasteiger partial charge in [-0.3, -0.25) is 4.79 Å². The number of amides is 1. The minimum atomic E-state index is 0. The molecular formula is C11H17ClN2OS. The maximum absolute atomic E-state index is 11.8. The third-order valence-electron chi connectivity index (χ3n) is 2.60. The van der Waals surface area contributed by atoms with Gasteiger partial charge in [-0.15, -0.1) is 23.7 Å². The van der Waals surface area contributed by atoms with E-state index in [1.165, 1.54) is 4.88 Å². The van der Waals surface area contributed by atoms with Crippen LogP contribution in [-0.4, -0.2) is 25.0 Å². The zero-order chi connectivity index (χ0) is 10.7. The highest BCUT2D eigenvalue weighted by atomic mass is 35.5. The SMILES string of the molecule is Cc1ccc(C(=O)N[C@H]2CCCNC2)s1.Cl. The van der Waals surface area contributed by atoms with Crippen molar-refractivity contribution in [3.63, 3.8) is 0 Å². The van der Waals surface area contributed by atoms with Crippen LogP contribution in [0.25, 0.3) is 0 Å². The van der Waals surface area contributed by atoms with E-state index >= 15 is 0 Å². The van der Waals surface area contributed by atoms with Crippen LogP contribution in [0.15, 0.2) is 12.1 Å². The second kappa shape index (κ2) is 6.23. The summed E-state index contributed by atoms with van der Waals surface area (Å²) in [4.78, 5) is 13.8. The summed E-state index contributed by atoms with van der Waals surface area (Å²) in [5.74, 6) is 0.0711. The highest BCUT2D eigenvalue weighted by Gasteiger charge is 2.16. The summed E-state index contributed by atoms with van der Waals surface area (Å²) in [5, 5.41) is 6.34. The van der Waals surface area contributed by atoms with Gasteiger partial charge in [-0.25, -0.2) is 0 Å². The summed E-state index contributed by atoms with van der Waals surface area (Å²) in [5.41, 5.74) is 0. The molecule has 1 amide bonds. The summed E-state index contributed by atoms with van der Waals surface area (Å²) >= 11 is 1.55. The van der Waals surface area contributed by atoms with E-state index in [1.807, 2.05) is 19.1 Å². The summed E-state index contributed by atoms with van der Waals surface area (Å²) in [7, 11) is 0. The standard InChI is InChI=1S/C11H16N2OS.ClH/c1-8-4-5-10(15-8)11(14)13-9-3-2-6-12-7-9;/h4-5,9,12H,2-3,6-7H2,1H3,(H,13,14);1H/t9-;/m0./s1. The topological polar surface area (TPSA) is 41.1 Å². The molecule has 1 aliphatic heterocycles. The molecule has 2 rings (SSSR count). The third-order valence-corrected chi connectivity index (χ3v) is 3.60. The first-order valence-electron chi connectivity index (χ1n) is 5.34. The Balaban J connectivity index is 0.00000128. The largest absolute Gasteiger partial charge is 0.347 e. The number of hydrogen-bond acceptors (Lipinski definition) is 3. The predicted octanol–water partition coefficient (Wildman–Crippen LogP) is 1.96. The Morgan fingerprint density at radius 1 is 1.56 bits per heavy atom. The first-order chi connectivity index (χ1) is 7.25. The van der Waals surface area contributed by atoms with Crippen molar-refractivity contribution in [3.05, 3.63) is 21.9 Å². The number of piperidine rings is 1. The van der Waals surface area contributed by atoms with Crippen LogP contribution < -0.4 is 10.6 Å². The molecule has 1 aliphatic rings. The molecule has 0 aliphatic carbocycles. The Labute approximate surface area is 106 Å². The smallest absolute Gasteiger partial charge is 0.261 e. The van der Waals surface area contributed by atoms with Gasteiger partial charge < -0.3 is 10.6 Å². The predicted molar refractivity (Wildman–Crippen MR) is 69.7 cm³/mol. The molecular weight excluding hydrogens is 244 g/mol. The van der Waals surface area contributed by atoms with Crippen molar-refractivity contribution in [3.8, 4) is 0 Å². The normalized spacial score (nSPS) is 19.9. The van der Waals surface area contributed by atoms with Gasteiger partial charge in [0.05, 0.1) is 4.88 Å². The minimum absolute atomic E-state index is 0. The van der Waals surface area contributed by atoms with E-state index in [9.17, 15) is 4.79 Å². The van der Waals surface area contributed by atoms with Gasteiger partial charge in [-0.05, 0) is 38.4 Å². The molecule has 3 nitrogen and oxygen atoms in total. The lowest BCUT2D eigenvalue weighted by atomic mass is 10.1. The van der Waals surface area contributed by atoms with E-state index in [-0.39, 0.29) is 18.3 Å².